The van der Waals surface area contributed by atoms with Crippen molar-refractivity contribution in [3.8, 4) is 17.0 Å². The molecule has 0 bridgehead atoms. The Hall–Kier alpha value is -2.67. The Morgan fingerprint density at radius 1 is 1.36 bits per heavy atom. The van der Waals surface area contributed by atoms with Gasteiger partial charge in [-0.15, -0.1) is 0 Å². The number of carbonyl (C=O) groups excluding carboxylic acids is 1. The van der Waals surface area contributed by atoms with Gasteiger partial charge in [-0.05, 0) is 38.0 Å². The number of esters is 1. The second-order valence-corrected chi connectivity index (χ2v) is 5.69. The van der Waals surface area contributed by atoms with E-state index in [1.165, 1.54) is 0 Å². The van der Waals surface area contributed by atoms with E-state index in [1.54, 1.807) is 13.0 Å². The second kappa shape index (κ2) is 7.94. The van der Waals surface area contributed by atoms with Gasteiger partial charge in [0.2, 0.25) is 5.95 Å². The van der Waals surface area contributed by atoms with Crippen LogP contribution in [0.3, 0.4) is 0 Å². The molecule has 1 saturated heterocycles. The number of nitrogen functional groups attached to an aromatic ring is 1. The average molecular weight is 343 g/mol. The van der Waals surface area contributed by atoms with E-state index in [4.69, 9.17) is 19.9 Å². The molecule has 3 rings (SSSR count). The highest BCUT2D eigenvalue weighted by Gasteiger charge is 2.16. The largest absolute Gasteiger partial charge is 0.491 e. The van der Waals surface area contributed by atoms with E-state index in [9.17, 15) is 4.79 Å². The van der Waals surface area contributed by atoms with Crippen molar-refractivity contribution >= 4 is 11.9 Å². The SMILES string of the molecule is CCOC(=O)c1cc(-c2cccc(OCC3CCCO3)c2)nc(N)n1. The molecule has 0 spiro atoms. The highest BCUT2D eigenvalue weighted by Crippen LogP contribution is 2.24. The Morgan fingerprint density at radius 3 is 3.00 bits per heavy atom. The molecule has 1 fully saturated rings. The normalized spacial score (nSPS) is 16.6. The minimum Gasteiger partial charge on any atom is -0.491 e. The van der Waals surface area contributed by atoms with E-state index < -0.39 is 5.97 Å². The molecule has 1 aromatic carbocycles. The van der Waals surface area contributed by atoms with Crippen LogP contribution in [0.1, 0.15) is 30.3 Å². The summed E-state index contributed by atoms with van der Waals surface area (Å²) in [7, 11) is 0. The van der Waals surface area contributed by atoms with Crippen LogP contribution in [0.2, 0.25) is 0 Å². The summed E-state index contributed by atoms with van der Waals surface area (Å²) in [6.45, 7) is 3.32. The van der Waals surface area contributed by atoms with Crippen LogP contribution in [-0.4, -0.2) is 41.9 Å². The molecule has 1 aliphatic heterocycles. The molecule has 0 amide bonds. The quantitative estimate of drug-likeness (QED) is 0.805. The smallest absolute Gasteiger partial charge is 0.357 e. The molecule has 1 unspecified atom stereocenters. The molecule has 132 valence electrons. The molecular weight excluding hydrogens is 322 g/mol. The Morgan fingerprint density at radius 2 is 2.24 bits per heavy atom. The molecule has 0 aliphatic carbocycles. The van der Waals surface area contributed by atoms with Crippen LogP contribution < -0.4 is 10.5 Å². The van der Waals surface area contributed by atoms with E-state index in [0.717, 1.165) is 25.0 Å². The first-order valence-electron chi connectivity index (χ1n) is 8.32. The molecule has 2 aromatic rings. The minimum atomic E-state index is -0.524. The number of ether oxygens (including phenoxy) is 3. The van der Waals surface area contributed by atoms with Gasteiger partial charge in [0.15, 0.2) is 5.69 Å². The lowest BCUT2D eigenvalue weighted by Crippen LogP contribution is -2.16. The first-order chi connectivity index (χ1) is 12.2. The summed E-state index contributed by atoms with van der Waals surface area (Å²) in [6.07, 6.45) is 2.24. The number of hydrogen-bond donors (Lipinski definition) is 1. The Labute approximate surface area is 146 Å². The van der Waals surface area contributed by atoms with Gasteiger partial charge in [-0.2, -0.15) is 0 Å². The first-order valence-corrected chi connectivity index (χ1v) is 8.32. The number of nitrogens with zero attached hydrogens (tertiary/aromatic N) is 2. The molecule has 2 heterocycles. The highest BCUT2D eigenvalue weighted by molar-refractivity contribution is 5.88. The zero-order valence-corrected chi connectivity index (χ0v) is 14.1. The van der Waals surface area contributed by atoms with Gasteiger partial charge in [0.05, 0.1) is 18.4 Å². The molecule has 2 N–H and O–H groups in total. The summed E-state index contributed by atoms with van der Waals surface area (Å²) < 4.78 is 16.3. The molecule has 1 aromatic heterocycles. The van der Waals surface area contributed by atoms with Crippen LogP contribution in [-0.2, 0) is 9.47 Å². The van der Waals surface area contributed by atoms with Gasteiger partial charge < -0.3 is 19.9 Å². The fourth-order valence-corrected chi connectivity index (χ4v) is 2.63. The van der Waals surface area contributed by atoms with Crippen LogP contribution in [0, 0.1) is 0 Å². The van der Waals surface area contributed by atoms with Crippen molar-refractivity contribution in [3.05, 3.63) is 36.0 Å². The summed E-state index contributed by atoms with van der Waals surface area (Å²) >= 11 is 0. The third kappa shape index (κ3) is 4.45. The van der Waals surface area contributed by atoms with Crippen molar-refractivity contribution in [1.82, 2.24) is 9.97 Å². The lowest BCUT2D eigenvalue weighted by Gasteiger charge is -2.12. The molecule has 25 heavy (non-hydrogen) atoms. The predicted molar refractivity (Wildman–Crippen MR) is 92.3 cm³/mol. The number of anilines is 1. The van der Waals surface area contributed by atoms with Gasteiger partial charge in [0.1, 0.15) is 12.4 Å². The van der Waals surface area contributed by atoms with Gasteiger partial charge >= 0.3 is 5.97 Å². The van der Waals surface area contributed by atoms with Gasteiger partial charge in [0, 0.05) is 12.2 Å². The van der Waals surface area contributed by atoms with Crippen LogP contribution >= 0.6 is 0 Å². The summed E-state index contributed by atoms with van der Waals surface area (Å²) in [5.41, 5.74) is 7.19. The van der Waals surface area contributed by atoms with Crippen molar-refractivity contribution in [1.29, 1.82) is 0 Å². The highest BCUT2D eigenvalue weighted by atomic mass is 16.5. The van der Waals surface area contributed by atoms with Crippen molar-refractivity contribution in [2.45, 2.75) is 25.9 Å². The maximum absolute atomic E-state index is 11.9. The van der Waals surface area contributed by atoms with Crippen molar-refractivity contribution in [2.24, 2.45) is 0 Å². The fraction of sp³-hybridized carbons (Fsp3) is 0.389. The number of carbonyl (C=O) groups is 1. The predicted octanol–water partition coefficient (Wildman–Crippen LogP) is 2.46. The summed E-state index contributed by atoms with van der Waals surface area (Å²) in [6, 6.07) is 9.02. The first kappa shape index (κ1) is 17.2. The maximum atomic E-state index is 11.9. The van der Waals surface area contributed by atoms with Gasteiger partial charge in [-0.1, -0.05) is 12.1 Å². The van der Waals surface area contributed by atoms with E-state index in [-0.39, 0.29) is 24.4 Å². The monoisotopic (exact) mass is 343 g/mol. The number of aromatic nitrogens is 2. The van der Waals surface area contributed by atoms with Crippen LogP contribution in [0.15, 0.2) is 30.3 Å². The minimum absolute atomic E-state index is 0.0197. The summed E-state index contributed by atoms with van der Waals surface area (Å²) in [5.74, 6) is 0.206. The third-order valence-electron chi connectivity index (χ3n) is 3.82. The van der Waals surface area contributed by atoms with Gasteiger partial charge in [-0.25, -0.2) is 14.8 Å². The van der Waals surface area contributed by atoms with Crippen LogP contribution in [0.4, 0.5) is 5.95 Å². The Balaban J connectivity index is 1.78. The maximum Gasteiger partial charge on any atom is 0.357 e. The summed E-state index contributed by atoms with van der Waals surface area (Å²) in [4.78, 5) is 20.0. The van der Waals surface area contributed by atoms with E-state index in [2.05, 4.69) is 9.97 Å². The number of hydrogen-bond acceptors (Lipinski definition) is 7. The fourth-order valence-electron chi connectivity index (χ4n) is 2.63. The van der Waals surface area contributed by atoms with Crippen molar-refractivity contribution in [2.75, 3.05) is 25.6 Å². The zero-order chi connectivity index (χ0) is 17.6. The van der Waals surface area contributed by atoms with E-state index in [0.29, 0.717) is 18.1 Å². The van der Waals surface area contributed by atoms with Crippen molar-refractivity contribution in [3.63, 3.8) is 0 Å². The third-order valence-corrected chi connectivity index (χ3v) is 3.82. The molecule has 1 aliphatic rings. The Kier molecular flexibility index (Phi) is 5.45. The molecule has 1 atom stereocenters. The lowest BCUT2D eigenvalue weighted by molar-refractivity contribution is 0.0519. The number of nitrogens with two attached hydrogens (primary N) is 1. The summed E-state index contributed by atoms with van der Waals surface area (Å²) in [5, 5.41) is 0. The number of rotatable bonds is 6. The lowest BCUT2D eigenvalue weighted by atomic mass is 10.1. The number of benzene rings is 1. The van der Waals surface area contributed by atoms with Crippen LogP contribution in [0.5, 0.6) is 5.75 Å². The second-order valence-electron chi connectivity index (χ2n) is 5.69. The van der Waals surface area contributed by atoms with Gasteiger partial charge in [0.25, 0.3) is 0 Å². The zero-order valence-electron chi connectivity index (χ0n) is 14.1. The Bertz CT molecular complexity index is 745. The standard InChI is InChI=1S/C18H21N3O4/c1-2-23-17(22)16-10-15(20-18(19)21-16)12-5-3-6-13(9-12)25-11-14-7-4-8-24-14/h3,5-6,9-10,14H,2,4,7-8,11H2,1H3,(H2,19,20,21). The van der Waals surface area contributed by atoms with E-state index in [1.807, 2.05) is 24.3 Å². The van der Waals surface area contributed by atoms with Gasteiger partial charge in [-0.3, -0.25) is 0 Å². The topological polar surface area (TPSA) is 96.6 Å². The molecule has 7 heteroatoms. The van der Waals surface area contributed by atoms with E-state index >= 15 is 0 Å². The van der Waals surface area contributed by atoms with Crippen molar-refractivity contribution < 1.29 is 19.0 Å². The molecular formula is C18H21N3O4. The molecule has 0 saturated carbocycles. The van der Waals surface area contributed by atoms with Crippen LogP contribution in [0.25, 0.3) is 11.3 Å². The molecule has 0 radical (unpaired) electrons. The molecule has 7 nitrogen and oxygen atoms in total. The average Bonchev–Trinajstić information content (AvgIpc) is 3.13.